The van der Waals surface area contributed by atoms with Crippen molar-refractivity contribution in [3.05, 3.63) is 96.3 Å². The molecule has 5 heteroatoms. The molecule has 0 fully saturated rings. The molecule has 150 valence electrons. The number of fused-ring (bicyclic) bond motifs is 3. The van der Waals surface area contributed by atoms with Gasteiger partial charge in [-0.1, -0.05) is 31.4 Å². The van der Waals surface area contributed by atoms with E-state index in [1.54, 1.807) is 12.4 Å². The zero-order valence-electron chi connectivity index (χ0n) is 16.5. The van der Waals surface area contributed by atoms with Crippen LogP contribution in [0, 0.1) is 12.1 Å². The van der Waals surface area contributed by atoms with Gasteiger partial charge in [0.25, 0.3) is 0 Å². The third-order valence-electron chi connectivity index (χ3n) is 5.14. The summed E-state index contributed by atoms with van der Waals surface area (Å²) in [7, 11) is 0. The van der Waals surface area contributed by atoms with Gasteiger partial charge in [0.15, 0.2) is 0 Å². The van der Waals surface area contributed by atoms with Crippen LogP contribution in [-0.4, -0.2) is 9.97 Å². The van der Waals surface area contributed by atoms with E-state index >= 15 is 0 Å². The van der Waals surface area contributed by atoms with Crippen molar-refractivity contribution in [1.82, 2.24) is 9.97 Å². The summed E-state index contributed by atoms with van der Waals surface area (Å²) in [5.74, 6) is 2.32. The van der Waals surface area contributed by atoms with E-state index in [0.717, 1.165) is 11.1 Å². The van der Waals surface area contributed by atoms with E-state index in [1.165, 1.54) is 11.1 Å². The van der Waals surface area contributed by atoms with E-state index in [0.29, 0.717) is 23.3 Å². The number of hydrogen-bond donors (Lipinski definition) is 0. The van der Waals surface area contributed by atoms with Crippen LogP contribution in [0.25, 0.3) is 11.1 Å². The summed E-state index contributed by atoms with van der Waals surface area (Å²) in [5, 5.41) is 0. The van der Waals surface area contributed by atoms with Crippen LogP contribution >= 0.6 is 0 Å². The van der Waals surface area contributed by atoms with Crippen molar-refractivity contribution >= 4 is 0 Å². The van der Waals surface area contributed by atoms with Gasteiger partial charge in [0, 0.05) is 36.0 Å². The van der Waals surface area contributed by atoms with E-state index in [2.05, 4.69) is 48.1 Å². The van der Waals surface area contributed by atoms with Crippen LogP contribution in [0.4, 0.5) is 0 Å². The van der Waals surface area contributed by atoms with Gasteiger partial charge in [-0.25, -0.2) is 21.1 Å². The molecule has 1 aliphatic carbocycles. The first-order valence-corrected chi connectivity index (χ1v) is 9.43. The zero-order valence-corrected chi connectivity index (χ0v) is 18.7. The average molecular weight is 574 g/mol. The SMILES string of the molecule is CC1(C)c2ccc(Oc3ccccn3)[c-]c2-c2[c-]c(Oc3ccccn3)ccc21.[Pt+2]. The summed E-state index contributed by atoms with van der Waals surface area (Å²) in [6, 6.07) is 26.0. The summed E-state index contributed by atoms with van der Waals surface area (Å²) in [5.41, 5.74) is 4.18. The average Bonchev–Trinajstić information content (AvgIpc) is 2.96. The number of benzene rings is 2. The molecule has 1 aliphatic rings. The number of hydrogen-bond acceptors (Lipinski definition) is 4. The molecule has 0 N–H and O–H groups in total. The van der Waals surface area contributed by atoms with Gasteiger partial charge in [0.2, 0.25) is 11.8 Å². The van der Waals surface area contributed by atoms with Gasteiger partial charge in [-0.3, -0.25) is 0 Å². The number of ether oxygens (including phenoxy) is 2. The summed E-state index contributed by atoms with van der Waals surface area (Å²) in [6.07, 6.45) is 3.41. The predicted molar refractivity (Wildman–Crippen MR) is 110 cm³/mol. The van der Waals surface area contributed by atoms with Crippen LogP contribution in [0.15, 0.2) is 73.1 Å². The Bertz CT molecular complexity index is 1090. The van der Waals surface area contributed by atoms with Gasteiger partial charge in [-0.2, -0.15) is 11.1 Å². The molecule has 0 atom stereocenters. The van der Waals surface area contributed by atoms with Gasteiger partial charge >= 0.3 is 21.1 Å². The minimum absolute atomic E-state index is 0. The van der Waals surface area contributed by atoms with Crippen molar-refractivity contribution in [3.63, 3.8) is 0 Å². The zero-order chi connectivity index (χ0) is 19.8. The minimum atomic E-state index is -0.148. The third-order valence-corrected chi connectivity index (χ3v) is 5.14. The van der Waals surface area contributed by atoms with Crippen LogP contribution in [0.5, 0.6) is 23.3 Å². The topological polar surface area (TPSA) is 44.2 Å². The Balaban J connectivity index is 0.00000218. The number of aromatic nitrogens is 2. The van der Waals surface area contributed by atoms with Crippen LogP contribution < -0.4 is 9.47 Å². The van der Waals surface area contributed by atoms with Crippen LogP contribution in [0.1, 0.15) is 25.0 Å². The van der Waals surface area contributed by atoms with Crippen molar-refractivity contribution in [1.29, 1.82) is 0 Å². The monoisotopic (exact) mass is 573 g/mol. The fourth-order valence-corrected chi connectivity index (χ4v) is 3.69. The molecule has 0 bridgehead atoms. The van der Waals surface area contributed by atoms with Crippen molar-refractivity contribution in [2.45, 2.75) is 19.3 Å². The maximum Gasteiger partial charge on any atom is 2.00 e. The van der Waals surface area contributed by atoms with Crippen molar-refractivity contribution in [2.24, 2.45) is 0 Å². The Kier molecular flexibility index (Phi) is 5.44. The molecule has 4 nitrogen and oxygen atoms in total. The molecule has 0 radical (unpaired) electrons. The van der Waals surface area contributed by atoms with Gasteiger partial charge in [0.05, 0.1) is 0 Å². The third kappa shape index (κ3) is 3.64. The molecule has 0 saturated carbocycles. The number of nitrogens with zero attached hydrogens (tertiary/aromatic N) is 2. The summed E-state index contributed by atoms with van der Waals surface area (Å²) in [6.45, 7) is 4.41. The predicted octanol–water partition coefficient (Wildman–Crippen LogP) is 5.97. The number of rotatable bonds is 4. The van der Waals surface area contributed by atoms with Crippen molar-refractivity contribution in [3.8, 4) is 34.4 Å². The molecule has 0 amide bonds. The van der Waals surface area contributed by atoms with Crippen molar-refractivity contribution < 1.29 is 30.5 Å². The van der Waals surface area contributed by atoms with E-state index in [4.69, 9.17) is 9.47 Å². The Morgan fingerprint density at radius 1 is 0.667 bits per heavy atom. The molecular weight excluding hydrogens is 555 g/mol. The quantitative estimate of drug-likeness (QED) is 0.283. The van der Waals surface area contributed by atoms with Crippen LogP contribution in [-0.2, 0) is 26.5 Å². The van der Waals surface area contributed by atoms with Crippen LogP contribution in [0.3, 0.4) is 0 Å². The Hall–Kier alpha value is -2.97. The fourth-order valence-electron chi connectivity index (χ4n) is 3.69. The Labute approximate surface area is 190 Å². The fraction of sp³-hybridized carbons (Fsp3) is 0.120. The first kappa shape index (κ1) is 20.3. The molecule has 2 heterocycles. The summed E-state index contributed by atoms with van der Waals surface area (Å²) in [4.78, 5) is 8.45. The molecule has 30 heavy (non-hydrogen) atoms. The summed E-state index contributed by atoms with van der Waals surface area (Å²) < 4.78 is 11.8. The molecule has 0 saturated heterocycles. The van der Waals surface area contributed by atoms with Gasteiger partial charge in [-0.05, 0) is 12.1 Å². The minimum Gasteiger partial charge on any atom is -0.460 e. The molecule has 0 spiro atoms. The smallest absolute Gasteiger partial charge is 0.460 e. The Morgan fingerprint density at radius 3 is 1.53 bits per heavy atom. The summed E-state index contributed by atoms with van der Waals surface area (Å²) >= 11 is 0. The molecule has 2 aromatic heterocycles. The molecule has 4 aromatic rings. The largest absolute Gasteiger partial charge is 2.00 e. The molecular formula is C25H18N2O2Pt. The van der Waals surface area contributed by atoms with Gasteiger partial charge in [-0.15, -0.1) is 36.4 Å². The van der Waals surface area contributed by atoms with Gasteiger partial charge < -0.3 is 9.47 Å². The molecule has 0 unspecified atom stereocenters. The van der Waals surface area contributed by atoms with Crippen molar-refractivity contribution in [2.75, 3.05) is 0 Å². The van der Waals surface area contributed by atoms with E-state index in [-0.39, 0.29) is 26.5 Å². The van der Waals surface area contributed by atoms with E-state index in [9.17, 15) is 0 Å². The normalized spacial score (nSPS) is 13.0. The maximum absolute atomic E-state index is 5.89. The van der Waals surface area contributed by atoms with E-state index in [1.807, 2.05) is 48.5 Å². The van der Waals surface area contributed by atoms with Crippen LogP contribution in [0.2, 0.25) is 0 Å². The molecule has 0 aliphatic heterocycles. The first-order valence-electron chi connectivity index (χ1n) is 9.43. The Morgan fingerprint density at radius 2 is 1.13 bits per heavy atom. The molecule has 2 aromatic carbocycles. The number of pyridine rings is 2. The standard InChI is InChI=1S/C25H18N2O2.Pt/c1-25(2)21-11-9-17(28-23-7-3-5-13-26-23)15-19(21)20-16-18(10-12-22(20)25)29-24-8-4-6-14-27-24;/h3-14H,1-2H3;/q-2;+2. The molecule has 5 rings (SSSR count). The second-order valence-electron chi connectivity index (χ2n) is 7.39. The van der Waals surface area contributed by atoms with E-state index < -0.39 is 0 Å². The maximum atomic E-state index is 5.89. The van der Waals surface area contributed by atoms with Gasteiger partial charge in [0.1, 0.15) is 0 Å². The second kappa shape index (κ2) is 8.04. The second-order valence-corrected chi connectivity index (χ2v) is 7.39. The first-order chi connectivity index (χ1) is 14.1.